The van der Waals surface area contributed by atoms with Crippen LogP contribution < -0.4 is 20.1 Å². The number of amides is 2. The highest BCUT2D eigenvalue weighted by Crippen LogP contribution is 2.39. The van der Waals surface area contributed by atoms with Crippen LogP contribution in [0.3, 0.4) is 0 Å². The Labute approximate surface area is 258 Å². The lowest BCUT2D eigenvalue weighted by molar-refractivity contribution is 0.171. The highest BCUT2D eigenvalue weighted by Gasteiger charge is 2.31. The molecule has 1 aromatic carbocycles. The molecule has 43 heavy (non-hydrogen) atoms. The third-order valence-corrected chi connectivity index (χ3v) is 8.40. The van der Waals surface area contributed by atoms with Crippen molar-refractivity contribution in [1.82, 2.24) is 29.8 Å². The molecule has 2 aliphatic rings. The van der Waals surface area contributed by atoms with Crippen LogP contribution in [0.2, 0.25) is 0 Å². The van der Waals surface area contributed by atoms with Crippen molar-refractivity contribution in [2.75, 3.05) is 26.0 Å². The Hall–Kier alpha value is -3.89. The van der Waals surface area contributed by atoms with Crippen molar-refractivity contribution in [3.63, 3.8) is 0 Å². The van der Waals surface area contributed by atoms with Crippen LogP contribution in [0.25, 0.3) is 5.65 Å². The van der Waals surface area contributed by atoms with Crippen LogP contribution in [-0.2, 0) is 5.41 Å². The minimum Gasteiger partial charge on any atom is -0.484 e. The second-order valence-corrected chi connectivity index (χ2v) is 12.3. The van der Waals surface area contributed by atoms with Crippen LogP contribution in [0.15, 0.2) is 54.9 Å². The van der Waals surface area contributed by atoms with E-state index in [1.165, 1.54) is 0 Å². The number of pyridine rings is 2. The molecular formula is C32H40ClN7O3. The number of anilines is 1. The summed E-state index contributed by atoms with van der Waals surface area (Å²) in [7, 11) is 3.69. The maximum absolute atomic E-state index is 13.2. The molecular weight excluding hydrogens is 566 g/mol. The smallest absolute Gasteiger partial charge is 0.319 e. The molecule has 4 aromatic rings. The van der Waals surface area contributed by atoms with Crippen molar-refractivity contribution in [1.29, 1.82) is 0 Å². The van der Waals surface area contributed by atoms with Gasteiger partial charge in [-0.05, 0) is 79.6 Å². The Balaban J connectivity index is 0.00000368. The molecule has 0 saturated carbocycles. The number of rotatable bonds is 6. The molecule has 0 radical (unpaired) electrons. The average Bonchev–Trinajstić information content (AvgIpc) is 3.59. The predicted molar refractivity (Wildman–Crippen MR) is 168 cm³/mol. The molecule has 0 bridgehead atoms. The van der Waals surface area contributed by atoms with Crippen molar-refractivity contribution in [2.45, 2.75) is 70.1 Å². The Morgan fingerprint density at radius 1 is 1.05 bits per heavy atom. The number of ether oxygens (including phenoxy) is 2. The molecule has 1 aliphatic heterocycles. The van der Waals surface area contributed by atoms with Gasteiger partial charge in [-0.3, -0.25) is 9.30 Å². The summed E-state index contributed by atoms with van der Waals surface area (Å²) in [5.74, 6) is 2.10. The van der Waals surface area contributed by atoms with E-state index in [4.69, 9.17) is 9.47 Å². The summed E-state index contributed by atoms with van der Waals surface area (Å²) in [6, 6.07) is 13.8. The lowest BCUT2D eigenvalue weighted by Crippen LogP contribution is -2.35. The van der Waals surface area contributed by atoms with Gasteiger partial charge in [-0.25, -0.2) is 9.78 Å². The van der Waals surface area contributed by atoms with Gasteiger partial charge < -0.3 is 20.1 Å². The molecule has 6 rings (SSSR count). The van der Waals surface area contributed by atoms with Crippen LogP contribution in [0.5, 0.6) is 11.6 Å². The van der Waals surface area contributed by atoms with Gasteiger partial charge in [0.25, 0.3) is 0 Å². The van der Waals surface area contributed by atoms with E-state index >= 15 is 0 Å². The van der Waals surface area contributed by atoms with Crippen molar-refractivity contribution in [3.8, 4) is 11.6 Å². The van der Waals surface area contributed by atoms with Gasteiger partial charge >= 0.3 is 6.03 Å². The summed E-state index contributed by atoms with van der Waals surface area (Å²) in [5, 5.41) is 15.0. The summed E-state index contributed by atoms with van der Waals surface area (Å²) in [6.07, 6.45) is 7.38. The minimum absolute atomic E-state index is 0. The van der Waals surface area contributed by atoms with Gasteiger partial charge in [-0.15, -0.1) is 22.6 Å². The van der Waals surface area contributed by atoms with E-state index in [0.29, 0.717) is 11.6 Å². The number of hydrogen-bond acceptors (Lipinski definition) is 7. The number of fused-ring (bicyclic) bond motifs is 2. The molecule has 11 heteroatoms. The monoisotopic (exact) mass is 605 g/mol. The maximum atomic E-state index is 13.2. The Kier molecular flexibility index (Phi) is 8.80. The van der Waals surface area contributed by atoms with Gasteiger partial charge in [0, 0.05) is 6.20 Å². The number of benzene rings is 1. The molecule has 2 amide bonds. The number of hydrogen-bond donors (Lipinski definition) is 2. The van der Waals surface area contributed by atoms with Gasteiger partial charge in [0.1, 0.15) is 17.5 Å². The van der Waals surface area contributed by atoms with E-state index in [1.807, 2.05) is 36.5 Å². The number of methoxy groups -OCH3 is 1. The topological polar surface area (TPSA) is 106 Å². The molecule has 1 fully saturated rings. The first-order chi connectivity index (χ1) is 20.2. The second kappa shape index (κ2) is 12.4. The SMILES string of the molecule is COc1ncc(C(C)(C)C)cc1NC(=O)N[C@H]1CC[C@@H](Oc2ccc3nnc(C4CCCN4C)n3c2)c2ccccc21.Cl. The van der Waals surface area contributed by atoms with Gasteiger partial charge in [-0.1, -0.05) is 45.0 Å². The summed E-state index contributed by atoms with van der Waals surface area (Å²) in [6.45, 7) is 7.38. The largest absolute Gasteiger partial charge is 0.484 e. The minimum atomic E-state index is -0.303. The first-order valence-electron chi connectivity index (χ1n) is 14.6. The third kappa shape index (κ3) is 6.26. The molecule has 228 valence electrons. The van der Waals surface area contributed by atoms with Crippen LogP contribution >= 0.6 is 12.4 Å². The lowest BCUT2D eigenvalue weighted by Gasteiger charge is -2.32. The predicted octanol–water partition coefficient (Wildman–Crippen LogP) is 6.40. The Morgan fingerprint density at radius 3 is 2.56 bits per heavy atom. The van der Waals surface area contributed by atoms with Crippen LogP contribution in [0.4, 0.5) is 10.5 Å². The van der Waals surface area contributed by atoms with Crippen LogP contribution in [0, 0.1) is 0 Å². The quantitative estimate of drug-likeness (QED) is 0.262. The van der Waals surface area contributed by atoms with E-state index in [9.17, 15) is 4.79 Å². The molecule has 2 N–H and O–H groups in total. The third-order valence-electron chi connectivity index (χ3n) is 8.40. The molecule has 4 heterocycles. The van der Waals surface area contributed by atoms with Crippen molar-refractivity contribution in [2.24, 2.45) is 0 Å². The molecule has 10 nitrogen and oxygen atoms in total. The summed E-state index contributed by atoms with van der Waals surface area (Å²) >= 11 is 0. The molecule has 3 atom stereocenters. The number of urea groups is 1. The van der Waals surface area contributed by atoms with E-state index in [0.717, 1.165) is 66.1 Å². The number of halogens is 1. The van der Waals surface area contributed by atoms with Crippen LogP contribution in [0.1, 0.15) is 87.2 Å². The number of likely N-dealkylation sites (tertiary alicyclic amines) is 1. The van der Waals surface area contributed by atoms with Gasteiger partial charge in [0.15, 0.2) is 11.5 Å². The fourth-order valence-electron chi connectivity index (χ4n) is 6.04. The van der Waals surface area contributed by atoms with Crippen LogP contribution in [-0.4, -0.2) is 51.2 Å². The maximum Gasteiger partial charge on any atom is 0.319 e. The highest BCUT2D eigenvalue weighted by atomic mass is 35.5. The number of nitrogens with one attached hydrogen (secondary N) is 2. The standard InChI is InChI=1S/C32H39N7O3.ClH/c1-32(2,3)20-17-25(30(41-5)33-18-20)35-31(40)34-24-13-14-27(23-10-7-6-9-22(23)24)42-21-12-15-28-36-37-29(39(28)19-21)26-11-8-16-38(26)4;/h6-7,9-10,12,15,17-19,24,26-27H,8,11,13-14,16H2,1-5H3,(H2,34,35,40);1H/t24-,26?,27+;/m0./s1. The number of carbonyl (C=O) groups excluding carboxylic acids is 1. The molecule has 1 saturated heterocycles. The zero-order valence-corrected chi connectivity index (χ0v) is 26.1. The number of nitrogens with zero attached hydrogens (tertiary/aromatic N) is 5. The van der Waals surface area contributed by atoms with Gasteiger partial charge in [0.05, 0.1) is 25.4 Å². The number of carbonyl (C=O) groups is 1. The molecule has 0 spiro atoms. The van der Waals surface area contributed by atoms with Gasteiger partial charge in [-0.2, -0.15) is 0 Å². The molecule has 3 aromatic heterocycles. The van der Waals surface area contributed by atoms with Crippen molar-refractivity contribution in [3.05, 3.63) is 77.4 Å². The summed E-state index contributed by atoms with van der Waals surface area (Å²) in [5.41, 5.74) is 4.38. The summed E-state index contributed by atoms with van der Waals surface area (Å²) < 4.78 is 14.1. The first kappa shape index (κ1) is 30.6. The van der Waals surface area contributed by atoms with E-state index in [2.05, 4.69) is 75.1 Å². The van der Waals surface area contributed by atoms with Gasteiger partial charge in [0.2, 0.25) is 5.88 Å². The number of aromatic nitrogens is 4. The fraction of sp³-hybridized carbons (Fsp3) is 0.438. The first-order valence-corrected chi connectivity index (χ1v) is 14.6. The van der Waals surface area contributed by atoms with E-state index < -0.39 is 0 Å². The normalized spacial score (nSPS) is 20.3. The zero-order valence-electron chi connectivity index (χ0n) is 25.3. The zero-order chi connectivity index (χ0) is 29.4. The van der Waals surface area contributed by atoms with E-state index in [-0.39, 0.29) is 42.0 Å². The van der Waals surface area contributed by atoms with Crippen molar-refractivity contribution >= 4 is 29.8 Å². The van der Waals surface area contributed by atoms with E-state index in [1.54, 1.807) is 13.3 Å². The highest BCUT2D eigenvalue weighted by molar-refractivity contribution is 5.91. The lowest BCUT2D eigenvalue weighted by atomic mass is 9.85. The molecule has 1 aliphatic carbocycles. The Morgan fingerprint density at radius 2 is 1.84 bits per heavy atom. The fourth-order valence-corrected chi connectivity index (χ4v) is 6.04. The molecule has 1 unspecified atom stereocenters. The second-order valence-electron chi connectivity index (χ2n) is 12.3. The average molecular weight is 606 g/mol. The Bertz CT molecular complexity index is 1600. The van der Waals surface area contributed by atoms with Crippen molar-refractivity contribution < 1.29 is 14.3 Å². The summed E-state index contributed by atoms with van der Waals surface area (Å²) in [4.78, 5) is 19.9.